The maximum Gasteiger partial charge on any atom is 0.232 e. The quantitative estimate of drug-likeness (QED) is 0.797. The summed E-state index contributed by atoms with van der Waals surface area (Å²) in [5.41, 5.74) is 0.719. The van der Waals surface area contributed by atoms with E-state index in [1.165, 1.54) is 11.8 Å². The van der Waals surface area contributed by atoms with E-state index in [0.29, 0.717) is 5.75 Å². The first kappa shape index (κ1) is 11.8. The number of anilines is 1. The average Bonchev–Trinajstić information content (AvgIpc) is 2.19. The summed E-state index contributed by atoms with van der Waals surface area (Å²) < 4.78 is 0. The largest absolute Gasteiger partial charge is 0.326 e. The molecule has 1 aromatic carbocycles. The van der Waals surface area contributed by atoms with E-state index in [0.717, 1.165) is 5.69 Å². The Labute approximate surface area is 93.3 Å². The van der Waals surface area contributed by atoms with E-state index in [9.17, 15) is 9.59 Å². The monoisotopic (exact) mass is 223 g/mol. The van der Waals surface area contributed by atoms with Gasteiger partial charge in [0.25, 0.3) is 0 Å². The molecule has 0 saturated heterocycles. The zero-order chi connectivity index (χ0) is 11.1. The normalized spacial score (nSPS) is 9.67. The van der Waals surface area contributed by atoms with E-state index in [1.54, 1.807) is 12.1 Å². The molecule has 0 unspecified atom stereocenters. The molecule has 0 aliphatic carbocycles. The fourth-order valence-corrected chi connectivity index (χ4v) is 1.62. The highest BCUT2D eigenvalue weighted by Gasteiger charge is 2.08. The van der Waals surface area contributed by atoms with Crippen molar-refractivity contribution < 1.29 is 9.59 Å². The van der Waals surface area contributed by atoms with Crippen LogP contribution < -0.4 is 5.32 Å². The number of hydrogen-bond donors (Lipinski definition) is 1. The number of carbonyl (C=O) groups excluding carboxylic acids is 2. The maximum absolute atomic E-state index is 11.4. The molecule has 15 heavy (non-hydrogen) atoms. The molecule has 0 aromatic heterocycles. The van der Waals surface area contributed by atoms with Gasteiger partial charge in [-0.2, -0.15) is 0 Å². The Hall–Kier alpha value is -1.29. The fraction of sp³-hybridized carbons (Fsp3) is 0.273. The first-order chi connectivity index (χ1) is 7.22. The van der Waals surface area contributed by atoms with E-state index in [1.807, 2.05) is 25.1 Å². The fourth-order valence-electron chi connectivity index (χ4n) is 1.07. The second kappa shape index (κ2) is 6.24. The van der Waals surface area contributed by atoms with Crippen LogP contribution in [0.1, 0.15) is 13.3 Å². The summed E-state index contributed by atoms with van der Waals surface area (Å²) in [6, 6.07) is 9.11. The van der Waals surface area contributed by atoms with Crippen molar-refractivity contribution in [1.82, 2.24) is 0 Å². The van der Waals surface area contributed by atoms with Gasteiger partial charge in [-0.05, 0) is 17.9 Å². The molecule has 1 rings (SSSR count). The van der Waals surface area contributed by atoms with Crippen molar-refractivity contribution in [1.29, 1.82) is 0 Å². The maximum atomic E-state index is 11.4. The molecule has 0 aliphatic heterocycles. The second-order valence-corrected chi connectivity index (χ2v) is 4.22. The SMILES string of the molecule is CCSC(=O)CC(=O)Nc1ccccc1. The molecule has 3 nitrogen and oxygen atoms in total. The first-order valence-electron chi connectivity index (χ1n) is 4.73. The van der Waals surface area contributed by atoms with Gasteiger partial charge < -0.3 is 5.32 Å². The lowest BCUT2D eigenvalue weighted by molar-refractivity contribution is -0.121. The number of carbonyl (C=O) groups is 2. The van der Waals surface area contributed by atoms with Crippen LogP contribution in [0.25, 0.3) is 0 Å². The van der Waals surface area contributed by atoms with Crippen LogP contribution in [0.5, 0.6) is 0 Å². The predicted octanol–water partition coefficient (Wildman–Crippen LogP) is 2.29. The van der Waals surface area contributed by atoms with Gasteiger partial charge in [0.2, 0.25) is 5.91 Å². The molecule has 4 heteroatoms. The molecule has 0 spiro atoms. The van der Waals surface area contributed by atoms with Crippen LogP contribution in [0, 0.1) is 0 Å². The molecule has 0 fully saturated rings. The highest BCUT2D eigenvalue weighted by Crippen LogP contribution is 2.08. The van der Waals surface area contributed by atoms with Crippen LogP contribution >= 0.6 is 11.8 Å². The summed E-state index contributed by atoms with van der Waals surface area (Å²) in [5, 5.41) is 2.57. The third-order valence-corrected chi connectivity index (χ3v) is 2.42. The van der Waals surface area contributed by atoms with Gasteiger partial charge in [0, 0.05) is 5.69 Å². The smallest absolute Gasteiger partial charge is 0.232 e. The molecule has 0 heterocycles. The molecule has 1 amide bonds. The number of amides is 1. The third kappa shape index (κ3) is 4.65. The number of nitrogens with one attached hydrogen (secondary N) is 1. The Kier molecular flexibility index (Phi) is 4.90. The van der Waals surface area contributed by atoms with Gasteiger partial charge in [-0.25, -0.2) is 0 Å². The van der Waals surface area contributed by atoms with Crippen LogP contribution in [0.15, 0.2) is 30.3 Å². The van der Waals surface area contributed by atoms with Crippen molar-refractivity contribution in [3.63, 3.8) is 0 Å². The Morgan fingerprint density at radius 1 is 1.27 bits per heavy atom. The minimum Gasteiger partial charge on any atom is -0.326 e. The molecule has 0 radical (unpaired) electrons. The van der Waals surface area contributed by atoms with Crippen molar-refractivity contribution in [3.8, 4) is 0 Å². The zero-order valence-corrected chi connectivity index (χ0v) is 9.34. The lowest BCUT2D eigenvalue weighted by atomic mass is 10.3. The van der Waals surface area contributed by atoms with Gasteiger partial charge in [0.15, 0.2) is 5.12 Å². The van der Waals surface area contributed by atoms with Crippen molar-refractivity contribution in [2.24, 2.45) is 0 Å². The van der Waals surface area contributed by atoms with E-state index >= 15 is 0 Å². The molecule has 0 saturated carbocycles. The van der Waals surface area contributed by atoms with Crippen molar-refractivity contribution in [2.45, 2.75) is 13.3 Å². The first-order valence-corrected chi connectivity index (χ1v) is 5.71. The summed E-state index contributed by atoms with van der Waals surface area (Å²) in [6.07, 6.45) is -0.0621. The van der Waals surface area contributed by atoms with Crippen LogP contribution in [-0.2, 0) is 9.59 Å². The summed E-state index contributed by atoms with van der Waals surface area (Å²) in [6.45, 7) is 1.89. The molecule has 1 aromatic rings. The summed E-state index contributed by atoms with van der Waals surface area (Å²) in [4.78, 5) is 22.5. The molecule has 80 valence electrons. The van der Waals surface area contributed by atoms with Gasteiger partial charge in [-0.1, -0.05) is 36.9 Å². The average molecular weight is 223 g/mol. The number of benzene rings is 1. The topological polar surface area (TPSA) is 46.2 Å². The third-order valence-electron chi connectivity index (χ3n) is 1.67. The van der Waals surface area contributed by atoms with E-state index in [2.05, 4.69) is 5.32 Å². The van der Waals surface area contributed by atoms with Crippen LogP contribution in [0.2, 0.25) is 0 Å². The molecule has 0 aliphatic rings. The second-order valence-electron chi connectivity index (χ2n) is 2.90. The minimum atomic E-state index is -0.257. The van der Waals surface area contributed by atoms with E-state index in [-0.39, 0.29) is 17.4 Å². The summed E-state index contributed by atoms with van der Waals surface area (Å²) in [7, 11) is 0. The highest BCUT2D eigenvalue weighted by atomic mass is 32.2. The summed E-state index contributed by atoms with van der Waals surface area (Å²) in [5.74, 6) is 0.449. The minimum absolute atomic E-state index is 0.0621. The standard InChI is InChI=1S/C11H13NO2S/c1-2-15-11(14)8-10(13)12-9-6-4-3-5-7-9/h3-7H,2,8H2,1H3,(H,12,13). The van der Waals surface area contributed by atoms with Gasteiger partial charge in [-0.3, -0.25) is 9.59 Å². The molecule has 0 atom stereocenters. The molecular weight excluding hydrogens is 210 g/mol. The Morgan fingerprint density at radius 2 is 1.93 bits per heavy atom. The number of para-hydroxylation sites is 1. The number of rotatable bonds is 4. The van der Waals surface area contributed by atoms with Gasteiger partial charge >= 0.3 is 0 Å². The van der Waals surface area contributed by atoms with E-state index in [4.69, 9.17) is 0 Å². The Bertz CT molecular complexity index is 338. The zero-order valence-electron chi connectivity index (χ0n) is 8.53. The van der Waals surface area contributed by atoms with Crippen molar-refractivity contribution in [2.75, 3.05) is 11.1 Å². The lowest BCUT2D eigenvalue weighted by Crippen LogP contribution is -2.14. The summed E-state index contributed by atoms with van der Waals surface area (Å²) >= 11 is 1.17. The van der Waals surface area contributed by atoms with E-state index < -0.39 is 0 Å². The predicted molar refractivity (Wildman–Crippen MR) is 62.8 cm³/mol. The van der Waals surface area contributed by atoms with Crippen LogP contribution in [0.3, 0.4) is 0 Å². The van der Waals surface area contributed by atoms with Crippen LogP contribution in [-0.4, -0.2) is 16.8 Å². The number of hydrogen-bond acceptors (Lipinski definition) is 3. The molecule has 1 N–H and O–H groups in total. The van der Waals surface area contributed by atoms with Crippen LogP contribution in [0.4, 0.5) is 5.69 Å². The lowest BCUT2D eigenvalue weighted by Gasteiger charge is -2.03. The number of thioether (sulfide) groups is 1. The van der Waals surface area contributed by atoms with Gasteiger partial charge in [-0.15, -0.1) is 0 Å². The Morgan fingerprint density at radius 3 is 2.53 bits per heavy atom. The molecule has 0 bridgehead atoms. The van der Waals surface area contributed by atoms with Crippen molar-refractivity contribution in [3.05, 3.63) is 30.3 Å². The molecular formula is C11H13NO2S. The van der Waals surface area contributed by atoms with Gasteiger partial charge in [0.1, 0.15) is 0 Å². The van der Waals surface area contributed by atoms with Crippen molar-refractivity contribution >= 4 is 28.5 Å². The Balaban J connectivity index is 2.40. The highest BCUT2D eigenvalue weighted by molar-refractivity contribution is 8.13. The van der Waals surface area contributed by atoms with Gasteiger partial charge in [0.05, 0.1) is 6.42 Å².